The van der Waals surface area contributed by atoms with Gasteiger partial charge in [0, 0.05) is 17.7 Å². The first-order valence-electron chi connectivity index (χ1n) is 9.09. The number of nitro benzene ring substituents is 1. The van der Waals surface area contributed by atoms with Gasteiger partial charge in [-0.1, -0.05) is 42.1 Å². The quantitative estimate of drug-likeness (QED) is 0.256. The van der Waals surface area contributed by atoms with Crippen molar-refractivity contribution in [3.63, 3.8) is 0 Å². The van der Waals surface area contributed by atoms with Gasteiger partial charge in [0.2, 0.25) is 0 Å². The predicted octanol–water partition coefficient (Wildman–Crippen LogP) is 3.99. The molecule has 3 aromatic rings. The van der Waals surface area contributed by atoms with Gasteiger partial charge in [0.15, 0.2) is 0 Å². The monoisotopic (exact) mass is 445 g/mol. The molecule has 1 unspecified atom stereocenters. The lowest BCUT2D eigenvalue weighted by Gasteiger charge is -2.17. The Labute approximate surface area is 187 Å². The largest absolute Gasteiger partial charge is 0.468 e. The summed E-state index contributed by atoms with van der Waals surface area (Å²) in [5, 5.41) is 29.8. The second-order valence-electron chi connectivity index (χ2n) is 6.39. The molecule has 32 heavy (non-hydrogen) atoms. The molecule has 0 saturated heterocycles. The second-order valence-corrected chi connectivity index (χ2v) is 7.48. The summed E-state index contributed by atoms with van der Waals surface area (Å²) < 4.78 is 4.92. The van der Waals surface area contributed by atoms with Crippen molar-refractivity contribution in [2.45, 2.75) is 10.3 Å². The Hall–Kier alpha value is -4.41. The number of aromatic nitrogens is 1. The van der Waals surface area contributed by atoms with E-state index in [1.54, 1.807) is 30.3 Å². The van der Waals surface area contributed by atoms with Gasteiger partial charge in [0.1, 0.15) is 33.8 Å². The molecule has 0 aliphatic rings. The number of benzene rings is 2. The third kappa shape index (κ3) is 4.36. The molecule has 0 radical (unpaired) electrons. The molecule has 1 atom stereocenters. The summed E-state index contributed by atoms with van der Waals surface area (Å²) in [7, 11) is 1.26. The van der Waals surface area contributed by atoms with Crippen molar-refractivity contribution in [3.8, 4) is 23.3 Å². The smallest absolute Gasteiger partial charge is 0.323 e. The van der Waals surface area contributed by atoms with Gasteiger partial charge >= 0.3 is 5.97 Å². The highest BCUT2D eigenvalue weighted by Crippen LogP contribution is 2.42. The molecular weight excluding hydrogens is 430 g/mol. The van der Waals surface area contributed by atoms with Crippen molar-refractivity contribution in [1.82, 2.24) is 4.98 Å². The maximum Gasteiger partial charge on any atom is 0.323 e. The molecule has 0 saturated carbocycles. The van der Waals surface area contributed by atoms with Gasteiger partial charge in [-0.2, -0.15) is 10.5 Å². The summed E-state index contributed by atoms with van der Waals surface area (Å²) in [6.45, 7) is 0. The van der Waals surface area contributed by atoms with Crippen LogP contribution in [0.1, 0.15) is 21.9 Å². The van der Waals surface area contributed by atoms with Gasteiger partial charge in [-0.25, -0.2) is 4.98 Å². The van der Waals surface area contributed by atoms with E-state index in [2.05, 4.69) is 4.98 Å². The van der Waals surface area contributed by atoms with Gasteiger partial charge < -0.3 is 10.5 Å². The van der Waals surface area contributed by atoms with Gasteiger partial charge in [-0.05, 0) is 23.3 Å². The number of nitrogens with zero attached hydrogens (tertiary/aromatic N) is 4. The van der Waals surface area contributed by atoms with Crippen LogP contribution in [0.15, 0.2) is 59.6 Å². The first kappa shape index (κ1) is 22.3. The van der Waals surface area contributed by atoms with Crippen molar-refractivity contribution in [3.05, 3.63) is 81.4 Å². The molecule has 9 nitrogen and oxygen atoms in total. The van der Waals surface area contributed by atoms with Crippen molar-refractivity contribution in [1.29, 1.82) is 10.5 Å². The minimum absolute atomic E-state index is 0.0273. The van der Waals surface area contributed by atoms with Crippen LogP contribution in [0, 0.1) is 32.8 Å². The molecule has 0 aliphatic carbocycles. The molecule has 0 aliphatic heterocycles. The Morgan fingerprint density at radius 2 is 1.75 bits per heavy atom. The minimum atomic E-state index is -0.835. The third-order valence-corrected chi connectivity index (χ3v) is 5.75. The first-order chi connectivity index (χ1) is 15.4. The van der Waals surface area contributed by atoms with E-state index in [1.165, 1.54) is 31.4 Å². The number of methoxy groups -OCH3 is 1. The maximum atomic E-state index is 12.5. The van der Waals surface area contributed by atoms with E-state index in [4.69, 9.17) is 10.5 Å². The topological polar surface area (TPSA) is 156 Å². The minimum Gasteiger partial charge on any atom is -0.468 e. The van der Waals surface area contributed by atoms with Gasteiger partial charge in [-0.3, -0.25) is 14.9 Å². The molecule has 158 valence electrons. The van der Waals surface area contributed by atoms with Crippen molar-refractivity contribution in [2.24, 2.45) is 0 Å². The molecule has 0 bridgehead atoms. The van der Waals surface area contributed by atoms with E-state index in [1.807, 2.05) is 12.1 Å². The predicted molar refractivity (Wildman–Crippen MR) is 117 cm³/mol. The van der Waals surface area contributed by atoms with E-state index >= 15 is 0 Å². The Morgan fingerprint density at radius 1 is 1.12 bits per heavy atom. The summed E-state index contributed by atoms with van der Waals surface area (Å²) in [5.41, 5.74) is 7.08. The summed E-state index contributed by atoms with van der Waals surface area (Å²) in [4.78, 5) is 27.1. The molecule has 1 aromatic heterocycles. The zero-order chi connectivity index (χ0) is 23.3. The number of hydrogen-bond donors (Lipinski definition) is 1. The molecule has 0 fully saturated rings. The van der Waals surface area contributed by atoms with Crippen LogP contribution in [0.5, 0.6) is 0 Å². The van der Waals surface area contributed by atoms with E-state index < -0.39 is 16.1 Å². The molecule has 0 amide bonds. The van der Waals surface area contributed by atoms with Crippen molar-refractivity contribution >= 4 is 29.2 Å². The Morgan fingerprint density at radius 3 is 2.28 bits per heavy atom. The zero-order valence-corrected chi connectivity index (χ0v) is 17.5. The summed E-state index contributed by atoms with van der Waals surface area (Å²) >= 11 is 0.970. The average molecular weight is 445 g/mol. The Balaban J connectivity index is 2.19. The maximum absolute atomic E-state index is 12.5. The lowest BCUT2D eigenvalue weighted by atomic mass is 9.96. The van der Waals surface area contributed by atoms with Crippen molar-refractivity contribution < 1.29 is 14.5 Å². The van der Waals surface area contributed by atoms with E-state index in [9.17, 15) is 25.4 Å². The second kappa shape index (κ2) is 9.60. The molecule has 10 heteroatoms. The number of hydrogen-bond acceptors (Lipinski definition) is 9. The highest BCUT2D eigenvalue weighted by molar-refractivity contribution is 8.00. The normalized spacial score (nSPS) is 11.1. The third-order valence-electron chi connectivity index (χ3n) is 4.53. The zero-order valence-electron chi connectivity index (χ0n) is 16.7. The van der Waals surface area contributed by atoms with Crippen LogP contribution in [0.3, 0.4) is 0 Å². The number of nitrogens with two attached hydrogens (primary N) is 1. The number of rotatable bonds is 6. The lowest BCUT2D eigenvalue weighted by Crippen LogP contribution is -2.12. The molecular formula is C22H15N5O4S. The Bertz CT molecular complexity index is 1260. The summed E-state index contributed by atoms with van der Waals surface area (Å²) in [5.74, 6) is -0.675. The van der Waals surface area contributed by atoms with E-state index in [-0.39, 0.29) is 33.2 Å². The number of anilines is 1. The lowest BCUT2D eigenvalue weighted by molar-refractivity contribution is -0.384. The van der Waals surface area contributed by atoms with Gasteiger partial charge in [0.25, 0.3) is 5.69 Å². The number of esters is 1. The van der Waals surface area contributed by atoms with Crippen LogP contribution < -0.4 is 5.73 Å². The fourth-order valence-corrected chi connectivity index (χ4v) is 4.15. The molecule has 3 rings (SSSR count). The number of nitriles is 2. The fourth-order valence-electron chi connectivity index (χ4n) is 3.02. The summed E-state index contributed by atoms with van der Waals surface area (Å²) in [6, 6.07) is 18.2. The number of carbonyl (C=O) groups excluding carboxylic acids is 1. The SMILES string of the molecule is COC(=O)C(Sc1nc(N)c(C#N)c(-c2ccc([N+](=O)[O-])cc2)c1C#N)c1ccccc1. The van der Waals surface area contributed by atoms with Crippen LogP contribution in [0.4, 0.5) is 11.5 Å². The number of carbonyl (C=O) groups is 1. The number of thioether (sulfide) groups is 1. The van der Waals surface area contributed by atoms with E-state index in [0.717, 1.165) is 11.8 Å². The van der Waals surface area contributed by atoms with Crippen LogP contribution in [-0.2, 0) is 9.53 Å². The molecule has 2 aromatic carbocycles. The van der Waals surface area contributed by atoms with Crippen LogP contribution in [0.25, 0.3) is 11.1 Å². The summed E-state index contributed by atoms with van der Waals surface area (Å²) in [6.07, 6.45) is 0. The van der Waals surface area contributed by atoms with Crippen LogP contribution in [0.2, 0.25) is 0 Å². The van der Waals surface area contributed by atoms with Gasteiger partial charge in [0.05, 0.1) is 17.6 Å². The number of ether oxygens (including phenoxy) is 1. The molecule has 0 spiro atoms. The highest BCUT2D eigenvalue weighted by atomic mass is 32.2. The number of pyridine rings is 1. The Kier molecular flexibility index (Phi) is 6.68. The average Bonchev–Trinajstić information content (AvgIpc) is 2.82. The number of non-ortho nitro benzene ring substituents is 1. The van der Waals surface area contributed by atoms with Gasteiger partial charge in [-0.15, -0.1) is 0 Å². The van der Waals surface area contributed by atoms with Crippen molar-refractivity contribution in [2.75, 3.05) is 12.8 Å². The van der Waals surface area contributed by atoms with Crippen LogP contribution >= 0.6 is 11.8 Å². The number of nitrogen functional groups attached to an aromatic ring is 1. The molecule has 2 N–H and O–H groups in total. The van der Waals surface area contributed by atoms with E-state index in [0.29, 0.717) is 11.1 Å². The van der Waals surface area contributed by atoms with Crippen LogP contribution in [-0.4, -0.2) is 23.0 Å². The number of nitro groups is 1. The fraction of sp³-hybridized carbons (Fsp3) is 0.0909. The standard InChI is InChI=1S/C22H15N5O4S/c1-31-22(28)19(14-5-3-2-4-6-14)32-21-17(12-24)18(16(11-23)20(25)26-21)13-7-9-15(10-8-13)27(29)30/h2-10,19H,1H3,(H2,25,26). The molecule has 1 heterocycles. The first-order valence-corrected chi connectivity index (χ1v) is 9.97. The highest BCUT2D eigenvalue weighted by Gasteiger charge is 2.28.